The van der Waals surface area contributed by atoms with E-state index in [1.807, 2.05) is 53.2 Å². The van der Waals surface area contributed by atoms with Crippen LogP contribution in [0.15, 0.2) is 78.9 Å². The molecule has 0 unspecified atom stereocenters. The number of hydrogen-bond donors (Lipinski definition) is 1. The van der Waals surface area contributed by atoms with Gasteiger partial charge in [-0.2, -0.15) is 5.10 Å². The Morgan fingerprint density at radius 2 is 1.76 bits per heavy atom. The van der Waals surface area contributed by atoms with E-state index in [1.54, 1.807) is 6.07 Å². The van der Waals surface area contributed by atoms with Crippen molar-refractivity contribution in [3.05, 3.63) is 90.2 Å². The molecule has 0 saturated heterocycles. The van der Waals surface area contributed by atoms with E-state index in [0.717, 1.165) is 16.9 Å². The molecule has 5 nitrogen and oxygen atoms in total. The van der Waals surface area contributed by atoms with E-state index in [2.05, 4.69) is 26.0 Å². The molecule has 0 radical (unpaired) electrons. The highest BCUT2D eigenvalue weighted by atomic mass is 19.1. The van der Waals surface area contributed by atoms with Crippen LogP contribution in [0.25, 0.3) is 28.2 Å². The SMILES string of the molecule is CC(C)c1ccc(-n2nc(-c3cc(F)ccc3OCCCC(=O)O)cc2-c2ccccc2)cc1. The van der Waals surface area contributed by atoms with Crippen molar-refractivity contribution in [2.24, 2.45) is 0 Å². The van der Waals surface area contributed by atoms with Gasteiger partial charge in [-0.15, -0.1) is 0 Å². The van der Waals surface area contributed by atoms with Gasteiger partial charge in [-0.05, 0) is 54.3 Å². The van der Waals surface area contributed by atoms with E-state index in [9.17, 15) is 9.18 Å². The second-order valence-corrected chi connectivity index (χ2v) is 8.43. The van der Waals surface area contributed by atoms with Crippen LogP contribution in [0.4, 0.5) is 4.39 Å². The zero-order chi connectivity index (χ0) is 24.1. The lowest BCUT2D eigenvalue weighted by atomic mass is 10.0. The molecule has 34 heavy (non-hydrogen) atoms. The number of benzene rings is 3. The minimum absolute atomic E-state index is 0.00961. The van der Waals surface area contributed by atoms with Crippen molar-refractivity contribution >= 4 is 5.97 Å². The molecule has 1 N–H and O–H groups in total. The van der Waals surface area contributed by atoms with E-state index >= 15 is 0 Å². The fourth-order valence-electron chi connectivity index (χ4n) is 3.76. The molecule has 6 heteroatoms. The van der Waals surface area contributed by atoms with Gasteiger partial charge < -0.3 is 9.84 Å². The summed E-state index contributed by atoms with van der Waals surface area (Å²) in [7, 11) is 0. The van der Waals surface area contributed by atoms with Crippen LogP contribution < -0.4 is 4.74 Å². The largest absolute Gasteiger partial charge is 0.493 e. The van der Waals surface area contributed by atoms with Crippen molar-refractivity contribution in [2.75, 3.05) is 6.61 Å². The number of ether oxygens (including phenoxy) is 1. The van der Waals surface area contributed by atoms with Crippen molar-refractivity contribution < 1.29 is 19.0 Å². The number of carboxylic acid groups (broad SMARTS) is 1. The van der Waals surface area contributed by atoms with Crippen LogP contribution in [0.2, 0.25) is 0 Å². The van der Waals surface area contributed by atoms with E-state index in [-0.39, 0.29) is 13.0 Å². The predicted molar refractivity (Wildman–Crippen MR) is 131 cm³/mol. The third kappa shape index (κ3) is 5.34. The molecule has 4 aromatic rings. The summed E-state index contributed by atoms with van der Waals surface area (Å²) >= 11 is 0. The van der Waals surface area contributed by atoms with Gasteiger partial charge in [0.2, 0.25) is 0 Å². The van der Waals surface area contributed by atoms with Gasteiger partial charge in [0, 0.05) is 17.5 Å². The van der Waals surface area contributed by atoms with Crippen LogP contribution in [-0.2, 0) is 4.79 Å². The highest BCUT2D eigenvalue weighted by Crippen LogP contribution is 2.34. The minimum atomic E-state index is -0.877. The third-order valence-corrected chi connectivity index (χ3v) is 5.59. The van der Waals surface area contributed by atoms with Crippen molar-refractivity contribution in [3.8, 4) is 34.0 Å². The van der Waals surface area contributed by atoms with Gasteiger partial charge in [0.05, 0.1) is 23.7 Å². The summed E-state index contributed by atoms with van der Waals surface area (Å²) in [6.45, 7) is 4.52. The summed E-state index contributed by atoms with van der Waals surface area (Å²) in [5, 5.41) is 13.7. The van der Waals surface area contributed by atoms with E-state index in [4.69, 9.17) is 14.9 Å². The van der Waals surface area contributed by atoms with Crippen molar-refractivity contribution in [2.45, 2.75) is 32.6 Å². The molecule has 1 aromatic heterocycles. The molecule has 0 saturated carbocycles. The summed E-state index contributed by atoms with van der Waals surface area (Å²) < 4.78 is 21.9. The molecule has 4 rings (SSSR count). The van der Waals surface area contributed by atoms with E-state index < -0.39 is 11.8 Å². The molecule has 0 bridgehead atoms. The highest BCUT2D eigenvalue weighted by molar-refractivity contribution is 5.74. The van der Waals surface area contributed by atoms with Gasteiger partial charge in [-0.25, -0.2) is 9.07 Å². The maximum Gasteiger partial charge on any atom is 0.303 e. The summed E-state index contributed by atoms with van der Waals surface area (Å²) in [5.41, 5.74) is 5.07. The Morgan fingerprint density at radius 3 is 2.44 bits per heavy atom. The van der Waals surface area contributed by atoms with Crippen LogP contribution in [0.1, 0.15) is 38.2 Å². The minimum Gasteiger partial charge on any atom is -0.493 e. The first-order valence-corrected chi connectivity index (χ1v) is 11.3. The first-order chi connectivity index (χ1) is 16.4. The molecule has 0 spiro atoms. The number of hydrogen-bond acceptors (Lipinski definition) is 3. The number of aromatic nitrogens is 2. The Hall–Kier alpha value is -3.93. The Bertz CT molecular complexity index is 1260. The zero-order valence-corrected chi connectivity index (χ0v) is 19.2. The fourth-order valence-corrected chi connectivity index (χ4v) is 3.76. The van der Waals surface area contributed by atoms with Crippen LogP contribution in [0.5, 0.6) is 5.75 Å². The second kappa shape index (κ2) is 10.3. The smallest absolute Gasteiger partial charge is 0.303 e. The highest BCUT2D eigenvalue weighted by Gasteiger charge is 2.17. The number of halogens is 1. The lowest BCUT2D eigenvalue weighted by molar-refractivity contribution is -0.137. The van der Waals surface area contributed by atoms with Gasteiger partial charge >= 0.3 is 5.97 Å². The maximum absolute atomic E-state index is 14.2. The lowest BCUT2D eigenvalue weighted by Crippen LogP contribution is -2.03. The van der Waals surface area contributed by atoms with Crippen molar-refractivity contribution in [3.63, 3.8) is 0 Å². The van der Waals surface area contributed by atoms with Crippen LogP contribution in [0, 0.1) is 5.82 Å². The van der Waals surface area contributed by atoms with Crippen molar-refractivity contribution in [1.29, 1.82) is 0 Å². The Kier molecular flexibility index (Phi) is 7.07. The maximum atomic E-state index is 14.2. The Balaban J connectivity index is 1.76. The molecular weight excluding hydrogens is 431 g/mol. The molecule has 1 heterocycles. The number of aliphatic carboxylic acids is 1. The lowest BCUT2D eigenvalue weighted by Gasteiger charge is -2.11. The average Bonchev–Trinajstić information content (AvgIpc) is 3.28. The van der Waals surface area contributed by atoms with E-state index in [0.29, 0.717) is 29.3 Å². The number of rotatable bonds is 9. The number of carbonyl (C=O) groups is 1. The summed E-state index contributed by atoms with van der Waals surface area (Å²) in [6.07, 6.45) is 0.369. The summed E-state index contributed by atoms with van der Waals surface area (Å²) in [5.74, 6) is -0.391. The molecule has 0 fully saturated rings. The summed E-state index contributed by atoms with van der Waals surface area (Å²) in [6, 6.07) is 24.4. The standard InChI is InChI=1S/C28H27FN2O3/c1-19(2)20-10-13-23(14-11-20)31-26(21-7-4-3-5-8-21)18-25(30-31)24-17-22(29)12-15-27(24)34-16-6-9-28(32)33/h3-5,7-8,10-15,17-19H,6,9,16H2,1-2H3,(H,32,33). The first-order valence-electron chi connectivity index (χ1n) is 11.3. The quantitative estimate of drug-likeness (QED) is 0.283. The summed E-state index contributed by atoms with van der Waals surface area (Å²) in [4.78, 5) is 10.8. The predicted octanol–water partition coefficient (Wildman–Crippen LogP) is 6.71. The van der Waals surface area contributed by atoms with E-state index in [1.165, 1.54) is 17.7 Å². The molecule has 0 aliphatic carbocycles. The molecule has 0 atom stereocenters. The molecule has 0 aliphatic heterocycles. The molecule has 0 amide bonds. The first kappa shape index (κ1) is 23.2. The number of nitrogens with zero attached hydrogens (tertiary/aromatic N) is 2. The number of carboxylic acids is 1. The van der Waals surface area contributed by atoms with Gasteiger partial charge in [0.1, 0.15) is 11.6 Å². The Labute approximate surface area is 198 Å². The normalized spacial score (nSPS) is 11.1. The molecule has 3 aromatic carbocycles. The molecular formula is C28H27FN2O3. The average molecular weight is 459 g/mol. The van der Waals surface area contributed by atoms with Crippen LogP contribution in [0.3, 0.4) is 0 Å². The van der Waals surface area contributed by atoms with Crippen LogP contribution in [-0.4, -0.2) is 27.5 Å². The van der Waals surface area contributed by atoms with Gasteiger partial charge in [-0.3, -0.25) is 4.79 Å². The molecule has 0 aliphatic rings. The van der Waals surface area contributed by atoms with Crippen LogP contribution >= 0.6 is 0 Å². The second-order valence-electron chi connectivity index (χ2n) is 8.43. The van der Waals surface area contributed by atoms with Crippen molar-refractivity contribution in [1.82, 2.24) is 9.78 Å². The topological polar surface area (TPSA) is 64.4 Å². The zero-order valence-electron chi connectivity index (χ0n) is 19.2. The Morgan fingerprint density at radius 1 is 1.03 bits per heavy atom. The monoisotopic (exact) mass is 458 g/mol. The van der Waals surface area contributed by atoms with Gasteiger partial charge in [0.25, 0.3) is 0 Å². The van der Waals surface area contributed by atoms with Gasteiger partial charge in [0.15, 0.2) is 0 Å². The third-order valence-electron chi connectivity index (χ3n) is 5.59. The molecule has 174 valence electrons. The van der Waals surface area contributed by atoms with Gasteiger partial charge in [-0.1, -0.05) is 56.3 Å². The fraction of sp³-hybridized carbons (Fsp3) is 0.214.